The Kier molecular flexibility index (Phi) is 6.15. The molecule has 5 rings (SSSR count). The molecular weight excluding hydrogens is 472 g/mol. The van der Waals surface area contributed by atoms with Crippen molar-refractivity contribution in [3.05, 3.63) is 88.6 Å². The summed E-state index contributed by atoms with van der Waals surface area (Å²) in [7, 11) is 1.94. The van der Waals surface area contributed by atoms with Crippen molar-refractivity contribution in [3.8, 4) is 11.1 Å². The first-order chi connectivity index (χ1) is 17.5. The Morgan fingerprint density at radius 1 is 1.00 bits per heavy atom. The van der Waals surface area contributed by atoms with Gasteiger partial charge in [0.25, 0.3) is 5.91 Å². The molecule has 0 saturated carbocycles. The van der Waals surface area contributed by atoms with E-state index >= 15 is 0 Å². The van der Waals surface area contributed by atoms with Crippen LogP contribution in [-0.2, 0) is 19.6 Å². The van der Waals surface area contributed by atoms with Gasteiger partial charge in [-0.3, -0.25) is 9.69 Å². The van der Waals surface area contributed by atoms with Crippen LogP contribution in [-0.4, -0.2) is 38.3 Å². The van der Waals surface area contributed by atoms with Crippen molar-refractivity contribution in [2.24, 2.45) is 0 Å². The topological polar surface area (TPSA) is 75.4 Å². The molecule has 0 aliphatic carbocycles. The highest BCUT2D eigenvalue weighted by atomic mass is 19.2. The number of hydrogen-bond donors (Lipinski definition) is 1. The van der Waals surface area contributed by atoms with Crippen molar-refractivity contribution in [2.75, 3.05) is 12.8 Å². The van der Waals surface area contributed by atoms with Crippen molar-refractivity contribution >= 4 is 22.8 Å². The van der Waals surface area contributed by atoms with Crippen LogP contribution in [0, 0.1) is 11.6 Å². The number of aromatic nitrogens is 2. The van der Waals surface area contributed by atoms with Gasteiger partial charge in [-0.1, -0.05) is 30.3 Å². The smallest absolute Gasteiger partial charge is 0.273 e. The van der Waals surface area contributed by atoms with E-state index in [1.54, 1.807) is 23.1 Å². The molecule has 8 heteroatoms. The molecule has 1 aromatic heterocycles. The molecule has 0 atom stereocenters. The van der Waals surface area contributed by atoms with Crippen LogP contribution in [0.25, 0.3) is 22.0 Å². The van der Waals surface area contributed by atoms with Crippen LogP contribution in [0.5, 0.6) is 0 Å². The van der Waals surface area contributed by atoms with Crippen LogP contribution in [0.1, 0.15) is 48.0 Å². The maximum Gasteiger partial charge on any atom is 0.273 e. The highest BCUT2D eigenvalue weighted by Crippen LogP contribution is 2.33. The first-order valence-electron chi connectivity index (χ1n) is 12.1. The summed E-state index contributed by atoms with van der Waals surface area (Å²) in [6.45, 7) is 7.53. The molecule has 0 spiro atoms. The summed E-state index contributed by atoms with van der Waals surface area (Å²) in [6, 6.07) is 15.6. The lowest BCUT2D eigenvalue weighted by Crippen LogP contribution is -2.37. The first-order valence-corrected chi connectivity index (χ1v) is 12.1. The van der Waals surface area contributed by atoms with Gasteiger partial charge in [0.05, 0.1) is 5.52 Å². The van der Waals surface area contributed by atoms with Gasteiger partial charge < -0.3 is 10.6 Å². The van der Waals surface area contributed by atoms with E-state index in [4.69, 9.17) is 5.73 Å². The van der Waals surface area contributed by atoms with Crippen LogP contribution in [0.15, 0.2) is 54.6 Å². The third-order valence-corrected chi connectivity index (χ3v) is 7.05. The molecule has 1 aliphatic rings. The van der Waals surface area contributed by atoms with Gasteiger partial charge in [0.15, 0.2) is 11.6 Å². The molecule has 0 bridgehead atoms. The molecule has 6 nitrogen and oxygen atoms in total. The number of carbonyl (C=O) groups excluding carboxylic acids is 1. The summed E-state index contributed by atoms with van der Waals surface area (Å²) in [6.07, 6.45) is 0. The number of anilines is 1. The number of nitrogens with zero attached hydrogens (tertiary/aromatic N) is 4. The molecule has 0 unspecified atom stereocenters. The molecule has 1 amide bonds. The monoisotopic (exact) mass is 501 g/mol. The Hall–Kier alpha value is -3.91. The van der Waals surface area contributed by atoms with Gasteiger partial charge in [-0.15, -0.1) is 0 Å². The number of carbonyl (C=O) groups is 1. The number of fused-ring (bicyclic) bond motifs is 2. The number of amides is 1. The van der Waals surface area contributed by atoms with Crippen LogP contribution < -0.4 is 5.73 Å². The van der Waals surface area contributed by atoms with E-state index in [2.05, 4.69) is 35.6 Å². The summed E-state index contributed by atoms with van der Waals surface area (Å²) in [5, 5.41) is 0.507. The van der Waals surface area contributed by atoms with Gasteiger partial charge in [0.1, 0.15) is 5.69 Å². The minimum atomic E-state index is -0.933. The first kappa shape index (κ1) is 24.8. The summed E-state index contributed by atoms with van der Waals surface area (Å²) in [5.74, 6) is -2.09. The van der Waals surface area contributed by atoms with E-state index < -0.39 is 11.6 Å². The third kappa shape index (κ3) is 4.76. The number of hydrogen-bond acceptors (Lipinski definition) is 5. The molecular formula is C29H29F2N5O. The molecule has 37 heavy (non-hydrogen) atoms. The zero-order valence-electron chi connectivity index (χ0n) is 21.3. The SMILES string of the molecule is CN(Cc1cc(F)c(F)cc1-c1ccc2nc(N)nc(C(=O)N3Cc4ccccc4C3)c2c1)C(C)(C)C. The Morgan fingerprint density at radius 2 is 1.65 bits per heavy atom. The average molecular weight is 502 g/mol. The van der Waals surface area contributed by atoms with Gasteiger partial charge in [-0.25, -0.2) is 18.7 Å². The molecule has 0 radical (unpaired) electrons. The predicted octanol–water partition coefficient (Wildman–Crippen LogP) is 5.54. The van der Waals surface area contributed by atoms with Gasteiger partial charge in [-0.2, -0.15) is 0 Å². The van der Waals surface area contributed by atoms with E-state index in [0.717, 1.165) is 11.1 Å². The Balaban J connectivity index is 1.59. The quantitative estimate of drug-likeness (QED) is 0.397. The average Bonchev–Trinajstić information content (AvgIpc) is 3.28. The zero-order valence-corrected chi connectivity index (χ0v) is 21.3. The van der Waals surface area contributed by atoms with Crippen LogP contribution in [0.3, 0.4) is 0 Å². The minimum absolute atomic E-state index is 0.000582. The maximum atomic E-state index is 14.4. The van der Waals surface area contributed by atoms with E-state index in [0.29, 0.717) is 47.2 Å². The molecule has 190 valence electrons. The number of benzene rings is 3. The second kappa shape index (κ2) is 9.19. The second-order valence-corrected chi connectivity index (χ2v) is 10.5. The molecule has 1 aliphatic heterocycles. The van der Waals surface area contributed by atoms with E-state index in [-0.39, 0.29) is 23.1 Å². The second-order valence-electron chi connectivity index (χ2n) is 10.5. The van der Waals surface area contributed by atoms with E-state index in [9.17, 15) is 13.6 Å². The van der Waals surface area contributed by atoms with Crippen molar-refractivity contribution < 1.29 is 13.6 Å². The lowest BCUT2D eigenvalue weighted by atomic mass is 9.95. The fourth-order valence-corrected chi connectivity index (χ4v) is 4.58. The summed E-state index contributed by atoms with van der Waals surface area (Å²) < 4.78 is 28.7. The minimum Gasteiger partial charge on any atom is -0.368 e. The van der Waals surface area contributed by atoms with Gasteiger partial charge >= 0.3 is 0 Å². The number of rotatable bonds is 4. The molecule has 2 N–H and O–H groups in total. The number of halogens is 2. The highest BCUT2D eigenvalue weighted by Gasteiger charge is 2.27. The predicted molar refractivity (Wildman–Crippen MR) is 141 cm³/mol. The van der Waals surface area contributed by atoms with Gasteiger partial charge in [0.2, 0.25) is 5.95 Å². The van der Waals surface area contributed by atoms with Crippen molar-refractivity contribution in [2.45, 2.75) is 45.9 Å². The highest BCUT2D eigenvalue weighted by molar-refractivity contribution is 6.06. The largest absolute Gasteiger partial charge is 0.368 e. The molecule has 2 heterocycles. The molecule has 3 aromatic carbocycles. The summed E-state index contributed by atoms with van der Waals surface area (Å²) >= 11 is 0. The fraction of sp³-hybridized carbons (Fsp3) is 0.276. The third-order valence-electron chi connectivity index (χ3n) is 7.05. The van der Waals surface area contributed by atoms with Crippen LogP contribution in [0.4, 0.5) is 14.7 Å². The Labute approximate surface area is 214 Å². The van der Waals surface area contributed by atoms with Gasteiger partial charge in [-0.05, 0) is 79.9 Å². The molecule has 4 aromatic rings. The van der Waals surface area contributed by atoms with Gasteiger partial charge in [0, 0.05) is 30.6 Å². The Morgan fingerprint density at radius 3 is 2.30 bits per heavy atom. The Bertz CT molecular complexity index is 1500. The van der Waals surface area contributed by atoms with Crippen LogP contribution in [0.2, 0.25) is 0 Å². The van der Waals surface area contributed by atoms with Crippen LogP contribution >= 0.6 is 0 Å². The summed E-state index contributed by atoms with van der Waals surface area (Å²) in [4.78, 5) is 26.0. The van der Waals surface area contributed by atoms with E-state index in [1.807, 2.05) is 31.3 Å². The summed E-state index contributed by atoms with van der Waals surface area (Å²) in [5.41, 5.74) is 10.5. The van der Waals surface area contributed by atoms with Crippen molar-refractivity contribution in [1.82, 2.24) is 19.8 Å². The number of nitrogen functional groups attached to an aromatic ring is 1. The maximum absolute atomic E-state index is 14.4. The number of nitrogens with two attached hydrogens (primary N) is 1. The lowest BCUT2D eigenvalue weighted by molar-refractivity contribution is 0.0747. The van der Waals surface area contributed by atoms with E-state index in [1.165, 1.54) is 12.1 Å². The molecule has 0 saturated heterocycles. The lowest BCUT2D eigenvalue weighted by Gasteiger charge is -2.32. The zero-order chi connectivity index (χ0) is 26.5. The normalized spacial score (nSPS) is 13.4. The standard InChI is InChI=1S/C29H29F2N5O/c1-29(2,3)35(4)14-20-12-23(30)24(31)13-21(20)17-9-10-25-22(11-17)26(34-28(32)33-25)27(37)36-15-18-7-5-6-8-19(18)16-36/h5-13H,14-16H2,1-4H3,(H2,32,33,34). The molecule has 0 fully saturated rings. The fourth-order valence-electron chi connectivity index (χ4n) is 4.58. The van der Waals surface area contributed by atoms with Crippen molar-refractivity contribution in [3.63, 3.8) is 0 Å². The van der Waals surface area contributed by atoms with Crippen molar-refractivity contribution in [1.29, 1.82) is 0 Å².